The lowest BCUT2D eigenvalue weighted by Crippen LogP contribution is -2.34. The third-order valence-electron chi connectivity index (χ3n) is 5.55. The van der Waals surface area contributed by atoms with E-state index in [1.165, 1.54) is 31.1 Å². The molecule has 1 aliphatic rings. The molecule has 0 fully saturated rings. The number of aldehydes is 1. The van der Waals surface area contributed by atoms with Crippen molar-refractivity contribution in [1.82, 2.24) is 10.3 Å². The van der Waals surface area contributed by atoms with Crippen LogP contribution in [-0.4, -0.2) is 42.0 Å². The molecule has 1 aromatic carbocycles. The fourth-order valence-corrected chi connectivity index (χ4v) is 4.06. The van der Waals surface area contributed by atoms with Gasteiger partial charge in [-0.25, -0.2) is 4.79 Å². The van der Waals surface area contributed by atoms with Gasteiger partial charge in [-0.05, 0) is 31.0 Å². The molecule has 176 valence electrons. The number of methoxy groups -OCH3 is 1. The van der Waals surface area contributed by atoms with Crippen molar-refractivity contribution in [1.29, 1.82) is 0 Å². The molecule has 0 saturated carbocycles. The average molecular weight is 455 g/mol. The Labute approximate surface area is 193 Å². The number of benzene rings is 1. The molecule has 3 rings (SSSR count). The van der Waals surface area contributed by atoms with Gasteiger partial charge in [-0.1, -0.05) is 30.9 Å². The van der Waals surface area contributed by atoms with Crippen LogP contribution in [-0.2, 0) is 30.3 Å². The predicted molar refractivity (Wildman–Crippen MR) is 125 cm³/mol. The van der Waals surface area contributed by atoms with Gasteiger partial charge in [-0.2, -0.15) is 0 Å². The molecule has 0 unspecified atom stereocenters. The highest BCUT2D eigenvalue weighted by Gasteiger charge is 2.33. The zero-order chi connectivity index (χ0) is 24.4. The normalized spacial score (nSPS) is 16.9. The molecular weight excluding hydrogens is 424 g/mol. The second-order valence-electron chi connectivity index (χ2n) is 7.46. The van der Waals surface area contributed by atoms with E-state index in [0.29, 0.717) is 6.42 Å². The topological polar surface area (TPSA) is 118 Å². The van der Waals surface area contributed by atoms with E-state index in [9.17, 15) is 19.5 Å². The number of aromatic nitrogens is 1. The number of carbonyl (C=O) groups is 3. The summed E-state index contributed by atoms with van der Waals surface area (Å²) >= 11 is 0. The molecule has 1 aliphatic heterocycles. The summed E-state index contributed by atoms with van der Waals surface area (Å²) in [6, 6.07) is 8.04. The monoisotopic (exact) mass is 454 g/mol. The van der Waals surface area contributed by atoms with E-state index in [4.69, 9.17) is 4.74 Å². The maximum absolute atomic E-state index is 12.1. The summed E-state index contributed by atoms with van der Waals surface area (Å²) in [5.41, 5.74) is 3.44. The first-order chi connectivity index (χ1) is 15.9. The summed E-state index contributed by atoms with van der Waals surface area (Å²) in [5, 5.41) is 14.3. The Bertz CT molecular complexity index is 1030. The molecule has 0 saturated heterocycles. The van der Waals surface area contributed by atoms with Gasteiger partial charge < -0.3 is 29.7 Å². The zero-order valence-electron chi connectivity index (χ0n) is 18.9. The number of para-hydroxylation sites is 1. The Hall–Kier alpha value is -3.65. The van der Waals surface area contributed by atoms with E-state index < -0.39 is 17.8 Å². The van der Waals surface area contributed by atoms with Crippen molar-refractivity contribution >= 4 is 29.1 Å². The smallest absolute Gasteiger partial charge is 0.337 e. The minimum absolute atomic E-state index is 0.0690. The van der Waals surface area contributed by atoms with E-state index >= 15 is 0 Å². The lowest BCUT2D eigenvalue weighted by Gasteiger charge is -2.30. The molecule has 8 nitrogen and oxygen atoms in total. The lowest BCUT2D eigenvalue weighted by molar-refractivity contribution is -0.137. The molecule has 0 spiro atoms. The van der Waals surface area contributed by atoms with Crippen LogP contribution in [0.3, 0.4) is 0 Å². The minimum atomic E-state index is -0.649. The van der Waals surface area contributed by atoms with Crippen molar-refractivity contribution in [2.24, 2.45) is 11.8 Å². The third-order valence-corrected chi connectivity index (χ3v) is 5.55. The molecule has 0 aliphatic carbocycles. The highest BCUT2D eigenvalue weighted by molar-refractivity contribution is 5.89. The van der Waals surface area contributed by atoms with Gasteiger partial charge in [-0.15, -0.1) is 6.58 Å². The largest absolute Gasteiger partial charge is 0.515 e. The van der Waals surface area contributed by atoms with Gasteiger partial charge in [0.15, 0.2) is 0 Å². The maximum Gasteiger partial charge on any atom is 0.337 e. The van der Waals surface area contributed by atoms with Crippen molar-refractivity contribution < 1.29 is 29.0 Å². The number of aromatic amines is 1. The van der Waals surface area contributed by atoms with Crippen molar-refractivity contribution in [2.75, 3.05) is 13.7 Å². The van der Waals surface area contributed by atoms with Crippen LogP contribution >= 0.6 is 0 Å². The number of aliphatic hydroxyl groups excluding tert-OH is 1. The molecule has 3 atom stereocenters. The van der Waals surface area contributed by atoms with Gasteiger partial charge in [0, 0.05) is 41.4 Å². The highest BCUT2D eigenvalue weighted by atomic mass is 16.5. The van der Waals surface area contributed by atoms with Crippen LogP contribution in [0.1, 0.15) is 30.6 Å². The Kier molecular flexibility index (Phi) is 9.62. The quantitative estimate of drug-likeness (QED) is 0.183. The van der Waals surface area contributed by atoms with Crippen LogP contribution in [0, 0.1) is 11.8 Å². The van der Waals surface area contributed by atoms with Crippen molar-refractivity contribution in [3.63, 3.8) is 0 Å². The summed E-state index contributed by atoms with van der Waals surface area (Å²) in [4.78, 5) is 36.9. The molecular formula is C25H30N2O6. The number of allylic oxidation sites excluding steroid dienone is 1. The Morgan fingerprint density at radius 3 is 2.58 bits per heavy atom. The molecule has 2 heterocycles. The number of carbonyl (C=O) groups excluding carboxylic acids is 3. The van der Waals surface area contributed by atoms with E-state index in [1.54, 1.807) is 0 Å². The van der Waals surface area contributed by atoms with Crippen molar-refractivity contribution in [3.05, 3.63) is 72.9 Å². The van der Waals surface area contributed by atoms with E-state index in [2.05, 4.69) is 34.3 Å². The molecule has 0 amide bonds. The fourth-order valence-electron chi connectivity index (χ4n) is 4.06. The number of esters is 2. The standard InChI is InChI=1S/C21H24N2O4.C4H6O2/c1-3-13(11-24)16(17(12-25)21(26)27-2)10-19-20-15(8-9-22-19)14-6-4-5-7-18(14)23-20;1-3-6-4(2)5/h3-7,11-13,16,19,22-23,25H,1,8-10H2,2H3;3H,1H2,2H3/b17-12-;/t13-,16-,19-;/m0./s1. The number of rotatable bonds is 8. The number of ether oxygens (including phenoxy) is 2. The fraction of sp³-hybridized carbons (Fsp3) is 0.320. The SMILES string of the molecule is C=COC(C)=O.C=C[C@@H](C=O)[C@H](C[C@@H]1NCCc2c1[nH]c1ccccc21)/C(=C/O)C(=O)OC. The summed E-state index contributed by atoms with van der Waals surface area (Å²) in [5.74, 6) is -2.14. The van der Waals surface area contributed by atoms with Crippen LogP contribution < -0.4 is 5.32 Å². The lowest BCUT2D eigenvalue weighted by atomic mass is 9.80. The number of H-pyrrole nitrogens is 1. The first-order valence-electron chi connectivity index (χ1n) is 10.5. The van der Waals surface area contributed by atoms with Crippen molar-refractivity contribution in [3.8, 4) is 0 Å². The van der Waals surface area contributed by atoms with Crippen LogP contribution in [0.2, 0.25) is 0 Å². The van der Waals surface area contributed by atoms with Gasteiger partial charge in [0.25, 0.3) is 0 Å². The van der Waals surface area contributed by atoms with Gasteiger partial charge in [-0.3, -0.25) is 4.79 Å². The Morgan fingerprint density at radius 2 is 2.03 bits per heavy atom. The van der Waals surface area contributed by atoms with E-state index in [1.807, 2.05) is 18.2 Å². The first-order valence-corrected chi connectivity index (χ1v) is 10.5. The molecule has 33 heavy (non-hydrogen) atoms. The van der Waals surface area contributed by atoms with Gasteiger partial charge >= 0.3 is 11.9 Å². The van der Waals surface area contributed by atoms with Gasteiger partial charge in [0.2, 0.25) is 0 Å². The summed E-state index contributed by atoms with van der Waals surface area (Å²) in [6.07, 6.45) is 5.43. The second kappa shape index (κ2) is 12.4. The zero-order valence-corrected chi connectivity index (χ0v) is 18.9. The predicted octanol–water partition coefficient (Wildman–Crippen LogP) is 3.67. The van der Waals surface area contributed by atoms with Gasteiger partial charge in [0.05, 0.1) is 25.2 Å². The molecule has 0 bridgehead atoms. The maximum atomic E-state index is 12.1. The molecule has 0 radical (unpaired) electrons. The number of hydrogen-bond acceptors (Lipinski definition) is 7. The first kappa shape index (κ1) is 25.6. The summed E-state index contributed by atoms with van der Waals surface area (Å²) < 4.78 is 8.95. The summed E-state index contributed by atoms with van der Waals surface area (Å²) in [6.45, 7) is 8.98. The molecule has 3 N–H and O–H groups in total. The molecule has 2 aromatic rings. The van der Waals surface area contributed by atoms with Crippen LogP contribution in [0.5, 0.6) is 0 Å². The average Bonchev–Trinajstić information content (AvgIpc) is 3.20. The Morgan fingerprint density at radius 1 is 1.30 bits per heavy atom. The van der Waals surface area contributed by atoms with E-state index in [0.717, 1.165) is 43.0 Å². The highest BCUT2D eigenvalue weighted by Crippen LogP contribution is 2.37. The summed E-state index contributed by atoms with van der Waals surface area (Å²) in [7, 11) is 1.25. The number of aliphatic hydroxyl groups is 1. The number of nitrogens with one attached hydrogen (secondary N) is 2. The van der Waals surface area contributed by atoms with Crippen LogP contribution in [0.15, 0.2) is 61.6 Å². The Balaban J connectivity index is 0.000000569. The van der Waals surface area contributed by atoms with Crippen LogP contribution in [0.25, 0.3) is 10.9 Å². The number of hydrogen-bond donors (Lipinski definition) is 3. The number of fused-ring (bicyclic) bond motifs is 3. The van der Waals surface area contributed by atoms with Gasteiger partial charge in [0.1, 0.15) is 6.29 Å². The van der Waals surface area contributed by atoms with E-state index in [-0.39, 0.29) is 17.6 Å². The second-order valence-corrected chi connectivity index (χ2v) is 7.46. The molecule has 8 heteroatoms. The molecule has 1 aromatic heterocycles. The van der Waals surface area contributed by atoms with Crippen molar-refractivity contribution in [2.45, 2.75) is 25.8 Å². The minimum Gasteiger partial charge on any atom is -0.515 e. The van der Waals surface area contributed by atoms with Crippen LogP contribution in [0.4, 0.5) is 0 Å². The third kappa shape index (κ3) is 6.20.